The van der Waals surface area contributed by atoms with Crippen molar-refractivity contribution in [3.63, 3.8) is 0 Å². The van der Waals surface area contributed by atoms with Gasteiger partial charge in [0.1, 0.15) is 5.60 Å². The molecule has 3 nitrogen and oxygen atoms in total. The second kappa shape index (κ2) is 4.44. The van der Waals surface area contributed by atoms with Crippen LogP contribution in [0.4, 0.5) is 18.9 Å². The van der Waals surface area contributed by atoms with Crippen LogP contribution in [0.1, 0.15) is 24.0 Å². The maximum Gasteiger partial charge on any atom is 0.416 e. The highest BCUT2D eigenvalue weighted by Crippen LogP contribution is 2.36. The molecule has 6 heteroatoms. The summed E-state index contributed by atoms with van der Waals surface area (Å²) in [6, 6.07) is 3.10. The zero-order valence-corrected chi connectivity index (χ0v) is 9.72. The van der Waals surface area contributed by atoms with Gasteiger partial charge < -0.3 is 16.2 Å². The Bertz CT molecular complexity index is 439. The second-order valence-corrected chi connectivity index (χ2v) is 4.61. The molecule has 1 heterocycles. The Labute approximate surface area is 103 Å². The number of anilines is 1. The Kier molecular flexibility index (Phi) is 3.25. The molecule has 0 aliphatic carbocycles. The summed E-state index contributed by atoms with van der Waals surface area (Å²) in [6.45, 7) is 1.10. The molecule has 1 aromatic carbocycles. The predicted molar refractivity (Wildman–Crippen MR) is 61.9 cm³/mol. The van der Waals surface area contributed by atoms with Crippen molar-refractivity contribution < 1.29 is 18.3 Å². The molecule has 1 unspecified atom stereocenters. The maximum atomic E-state index is 12.5. The Morgan fingerprint density at radius 3 is 2.56 bits per heavy atom. The van der Waals surface area contributed by atoms with Gasteiger partial charge in [-0.3, -0.25) is 0 Å². The van der Waals surface area contributed by atoms with E-state index in [0.29, 0.717) is 18.5 Å². The van der Waals surface area contributed by atoms with Gasteiger partial charge in [-0.25, -0.2) is 0 Å². The Morgan fingerprint density at radius 2 is 2.06 bits per heavy atom. The molecule has 100 valence electrons. The molecule has 1 aliphatic rings. The average Bonchev–Trinajstić information content (AvgIpc) is 2.28. The summed E-state index contributed by atoms with van der Waals surface area (Å²) in [5.74, 6) is 0. The highest BCUT2D eigenvalue weighted by atomic mass is 19.4. The van der Waals surface area contributed by atoms with E-state index in [2.05, 4.69) is 5.32 Å². The number of β-amino-alcohol motifs (C(OH)–C–C–N with tert-alkyl or cyclic N) is 1. The zero-order valence-electron chi connectivity index (χ0n) is 9.72. The Balaban J connectivity index is 2.35. The minimum atomic E-state index is -4.42. The number of alkyl halides is 3. The lowest BCUT2D eigenvalue weighted by Gasteiger charge is -2.34. The topological polar surface area (TPSA) is 58.3 Å². The van der Waals surface area contributed by atoms with Crippen LogP contribution in [-0.2, 0) is 11.8 Å². The molecule has 1 aliphatic heterocycles. The molecular formula is C12H15F3N2O. The monoisotopic (exact) mass is 260 g/mol. The van der Waals surface area contributed by atoms with Crippen molar-refractivity contribution in [3.8, 4) is 0 Å². The number of nitrogens with two attached hydrogens (primary N) is 1. The largest absolute Gasteiger partial charge is 0.416 e. The van der Waals surface area contributed by atoms with E-state index in [4.69, 9.17) is 5.73 Å². The number of aliphatic hydroxyl groups is 1. The molecule has 1 aromatic rings. The molecule has 0 spiro atoms. The Hall–Kier alpha value is -1.27. The quantitative estimate of drug-likeness (QED) is 0.675. The van der Waals surface area contributed by atoms with Crippen molar-refractivity contribution in [1.82, 2.24) is 5.32 Å². The van der Waals surface area contributed by atoms with E-state index < -0.39 is 17.3 Å². The first-order valence-electron chi connectivity index (χ1n) is 5.73. The minimum absolute atomic E-state index is 0.0176. The lowest BCUT2D eigenvalue weighted by Crippen LogP contribution is -2.43. The molecule has 18 heavy (non-hydrogen) atoms. The number of piperidine rings is 1. The zero-order chi connectivity index (χ0) is 13.4. The highest BCUT2D eigenvalue weighted by molar-refractivity contribution is 5.53. The second-order valence-electron chi connectivity index (χ2n) is 4.61. The summed E-state index contributed by atoms with van der Waals surface area (Å²) in [5.41, 5.74) is 4.02. The first-order valence-corrected chi connectivity index (χ1v) is 5.73. The van der Waals surface area contributed by atoms with Crippen LogP contribution in [0.2, 0.25) is 0 Å². The number of rotatable bonds is 1. The molecule has 0 saturated carbocycles. The van der Waals surface area contributed by atoms with Crippen molar-refractivity contribution in [2.24, 2.45) is 0 Å². The number of nitrogens with one attached hydrogen (secondary N) is 1. The summed E-state index contributed by atoms with van der Waals surface area (Å²) in [4.78, 5) is 0. The van der Waals surface area contributed by atoms with Gasteiger partial charge in [0.15, 0.2) is 0 Å². The van der Waals surface area contributed by atoms with Crippen LogP contribution in [0.15, 0.2) is 18.2 Å². The lowest BCUT2D eigenvalue weighted by atomic mass is 9.85. The van der Waals surface area contributed by atoms with Crippen molar-refractivity contribution in [2.45, 2.75) is 24.6 Å². The summed E-state index contributed by atoms with van der Waals surface area (Å²) in [7, 11) is 0. The van der Waals surface area contributed by atoms with E-state index >= 15 is 0 Å². The third-order valence-corrected chi connectivity index (χ3v) is 3.24. The van der Waals surface area contributed by atoms with Gasteiger partial charge in [0.2, 0.25) is 0 Å². The third kappa shape index (κ3) is 2.44. The Morgan fingerprint density at radius 1 is 1.33 bits per heavy atom. The molecule has 0 amide bonds. The van der Waals surface area contributed by atoms with Gasteiger partial charge in [-0.2, -0.15) is 13.2 Å². The van der Waals surface area contributed by atoms with Gasteiger partial charge in [0, 0.05) is 17.8 Å². The van der Waals surface area contributed by atoms with E-state index in [1.54, 1.807) is 0 Å². The summed E-state index contributed by atoms with van der Waals surface area (Å²) in [6.07, 6.45) is -3.16. The molecule has 0 aromatic heterocycles. The molecule has 0 radical (unpaired) electrons. The van der Waals surface area contributed by atoms with Gasteiger partial charge in [0.25, 0.3) is 0 Å². The lowest BCUT2D eigenvalue weighted by molar-refractivity contribution is -0.137. The molecule has 4 N–H and O–H groups in total. The van der Waals surface area contributed by atoms with Gasteiger partial charge in [-0.05, 0) is 31.5 Å². The summed E-state index contributed by atoms with van der Waals surface area (Å²) in [5, 5.41) is 13.4. The molecule has 1 atom stereocenters. The molecular weight excluding hydrogens is 245 g/mol. The number of hydrogen-bond donors (Lipinski definition) is 3. The van der Waals surface area contributed by atoms with Crippen LogP contribution in [0.5, 0.6) is 0 Å². The van der Waals surface area contributed by atoms with Crippen LogP contribution in [-0.4, -0.2) is 18.2 Å². The predicted octanol–water partition coefficient (Wildman–Crippen LogP) is 1.86. The normalized spacial score (nSPS) is 25.1. The average molecular weight is 260 g/mol. The highest BCUT2D eigenvalue weighted by Gasteiger charge is 2.35. The summed E-state index contributed by atoms with van der Waals surface area (Å²) < 4.78 is 37.5. The minimum Gasteiger partial charge on any atom is -0.398 e. The third-order valence-electron chi connectivity index (χ3n) is 3.24. The SMILES string of the molecule is Nc1cc(C(F)(F)F)ccc1C1(O)CCCNC1. The molecule has 0 bridgehead atoms. The molecule has 1 saturated heterocycles. The van der Waals surface area contributed by atoms with Gasteiger partial charge >= 0.3 is 6.18 Å². The van der Waals surface area contributed by atoms with Crippen LogP contribution < -0.4 is 11.1 Å². The van der Waals surface area contributed by atoms with Crippen LogP contribution in [0.25, 0.3) is 0 Å². The molecule has 1 fully saturated rings. The van der Waals surface area contributed by atoms with E-state index in [0.717, 1.165) is 25.1 Å². The van der Waals surface area contributed by atoms with E-state index in [1.807, 2.05) is 0 Å². The van der Waals surface area contributed by atoms with Gasteiger partial charge in [-0.15, -0.1) is 0 Å². The van der Waals surface area contributed by atoms with E-state index in [9.17, 15) is 18.3 Å². The maximum absolute atomic E-state index is 12.5. The summed E-state index contributed by atoms with van der Waals surface area (Å²) >= 11 is 0. The van der Waals surface area contributed by atoms with E-state index in [1.165, 1.54) is 6.07 Å². The van der Waals surface area contributed by atoms with E-state index in [-0.39, 0.29) is 5.69 Å². The van der Waals surface area contributed by atoms with Crippen molar-refractivity contribution in [1.29, 1.82) is 0 Å². The fraction of sp³-hybridized carbons (Fsp3) is 0.500. The number of benzene rings is 1. The first-order chi connectivity index (χ1) is 8.33. The van der Waals surface area contributed by atoms with Crippen LogP contribution >= 0.6 is 0 Å². The van der Waals surface area contributed by atoms with Crippen LogP contribution in [0.3, 0.4) is 0 Å². The van der Waals surface area contributed by atoms with Crippen LogP contribution in [0, 0.1) is 0 Å². The number of hydrogen-bond acceptors (Lipinski definition) is 3. The molecule has 2 rings (SSSR count). The smallest absolute Gasteiger partial charge is 0.398 e. The van der Waals surface area contributed by atoms with Gasteiger partial charge in [0.05, 0.1) is 5.56 Å². The first kappa shape index (κ1) is 13.2. The standard InChI is InChI=1S/C12H15F3N2O/c13-12(14,15)8-2-3-9(10(16)6-8)11(18)4-1-5-17-7-11/h2-3,6,17-18H,1,4-5,7,16H2. The number of halogens is 3. The van der Waals surface area contributed by atoms with Gasteiger partial charge in [-0.1, -0.05) is 6.07 Å². The van der Waals surface area contributed by atoms with Crippen molar-refractivity contribution in [3.05, 3.63) is 29.3 Å². The van der Waals surface area contributed by atoms with Crippen molar-refractivity contribution in [2.75, 3.05) is 18.8 Å². The fourth-order valence-corrected chi connectivity index (χ4v) is 2.28. The number of nitrogen functional groups attached to an aromatic ring is 1. The van der Waals surface area contributed by atoms with Crippen molar-refractivity contribution >= 4 is 5.69 Å². The fourth-order valence-electron chi connectivity index (χ4n) is 2.28.